The molecule has 0 radical (unpaired) electrons. The molecule has 0 aromatic carbocycles. The summed E-state index contributed by atoms with van der Waals surface area (Å²) in [7, 11) is 0. The normalized spacial score (nSPS) is 11.9. The van der Waals surface area contributed by atoms with Gasteiger partial charge in [-0.1, -0.05) is 6.07 Å². The molecule has 1 atom stereocenters. The first kappa shape index (κ1) is 13.2. The minimum absolute atomic E-state index is 0.194. The van der Waals surface area contributed by atoms with Gasteiger partial charge in [-0.15, -0.1) is 16.4 Å². The number of aromatic amines is 1. The maximum atomic E-state index is 11.8. The van der Waals surface area contributed by atoms with Gasteiger partial charge in [-0.05, 0) is 25.3 Å². The van der Waals surface area contributed by atoms with Gasteiger partial charge >= 0.3 is 0 Å². The topological polar surface area (TPSA) is 99.8 Å². The smallest absolute Gasteiger partial charge is 0.261 e. The van der Waals surface area contributed by atoms with Crippen LogP contribution in [0.1, 0.15) is 22.4 Å². The molecule has 19 heavy (non-hydrogen) atoms. The van der Waals surface area contributed by atoms with E-state index < -0.39 is 6.04 Å². The van der Waals surface area contributed by atoms with Gasteiger partial charge in [0.1, 0.15) is 11.9 Å². The Morgan fingerprint density at radius 2 is 2.26 bits per heavy atom. The van der Waals surface area contributed by atoms with Gasteiger partial charge in [-0.2, -0.15) is 4.98 Å². The number of anilines is 1. The molecule has 0 aliphatic rings. The number of rotatable bonds is 4. The van der Waals surface area contributed by atoms with Gasteiger partial charge in [0.05, 0.1) is 4.88 Å². The molecule has 0 saturated carbocycles. The molecule has 7 nitrogen and oxygen atoms in total. The van der Waals surface area contributed by atoms with Gasteiger partial charge in [-0.3, -0.25) is 20.0 Å². The van der Waals surface area contributed by atoms with Crippen molar-refractivity contribution in [1.29, 1.82) is 0 Å². The number of hydrogen-bond acceptors (Lipinski definition) is 5. The lowest BCUT2D eigenvalue weighted by Crippen LogP contribution is -2.41. The van der Waals surface area contributed by atoms with Gasteiger partial charge in [-0.25, -0.2) is 0 Å². The number of carbonyl (C=O) groups is 2. The van der Waals surface area contributed by atoms with Crippen LogP contribution >= 0.6 is 11.3 Å². The second kappa shape index (κ2) is 5.61. The molecular weight excluding hydrogens is 266 g/mol. The van der Waals surface area contributed by atoms with Gasteiger partial charge in [0.15, 0.2) is 0 Å². The molecule has 1 unspecified atom stereocenters. The Hall–Kier alpha value is -2.22. The summed E-state index contributed by atoms with van der Waals surface area (Å²) in [5.74, 6) is 0.151. The van der Waals surface area contributed by atoms with Gasteiger partial charge < -0.3 is 5.32 Å². The van der Waals surface area contributed by atoms with Crippen molar-refractivity contribution in [3.63, 3.8) is 0 Å². The van der Waals surface area contributed by atoms with E-state index in [0.29, 0.717) is 10.7 Å². The van der Waals surface area contributed by atoms with Gasteiger partial charge in [0, 0.05) is 0 Å². The molecule has 100 valence electrons. The predicted octanol–water partition coefficient (Wildman–Crippen LogP) is 0.932. The van der Waals surface area contributed by atoms with Crippen LogP contribution in [0, 0.1) is 6.92 Å². The Balaban J connectivity index is 1.91. The van der Waals surface area contributed by atoms with Crippen molar-refractivity contribution >= 4 is 29.1 Å². The first-order chi connectivity index (χ1) is 9.06. The first-order valence-corrected chi connectivity index (χ1v) is 6.48. The molecule has 0 bridgehead atoms. The third-order valence-electron chi connectivity index (χ3n) is 2.32. The molecule has 2 heterocycles. The molecule has 2 aromatic rings. The number of aryl methyl sites for hydroxylation is 1. The maximum Gasteiger partial charge on any atom is 0.261 e. The van der Waals surface area contributed by atoms with Crippen molar-refractivity contribution in [1.82, 2.24) is 20.5 Å². The highest BCUT2D eigenvalue weighted by Crippen LogP contribution is 2.08. The Labute approximate surface area is 113 Å². The number of hydrogen-bond donors (Lipinski definition) is 3. The fraction of sp³-hybridized carbons (Fsp3) is 0.273. The van der Waals surface area contributed by atoms with Crippen molar-refractivity contribution < 1.29 is 9.59 Å². The molecule has 3 N–H and O–H groups in total. The Morgan fingerprint density at radius 1 is 1.47 bits per heavy atom. The number of carbonyl (C=O) groups excluding carboxylic acids is 2. The summed E-state index contributed by atoms with van der Waals surface area (Å²) in [6.45, 7) is 3.32. The van der Waals surface area contributed by atoms with Crippen LogP contribution in [0.2, 0.25) is 0 Å². The second-order valence-electron chi connectivity index (χ2n) is 3.91. The zero-order valence-corrected chi connectivity index (χ0v) is 11.2. The summed E-state index contributed by atoms with van der Waals surface area (Å²) < 4.78 is 0. The maximum absolute atomic E-state index is 11.8. The minimum atomic E-state index is -0.673. The highest BCUT2D eigenvalue weighted by molar-refractivity contribution is 7.12. The largest absolute Gasteiger partial charge is 0.340 e. The fourth-order valence-electron chi connectivity index (χ4n) is 1.36. The van der Waals surface area contributed by atoms with Crippen molar-refractivity contribution in [3.8, 4) is 0 Å². The summed E-state index contributed by atoms with van der Waals surface area (Å²) >= 11 is 1.32. The van der Waals surface area contributed by atoms with Crippen LogP contribution in [0.3, 0.4) is 0 Å². The molecular formula is C11H13N5O2S. The van der Waals surface area contributed by atoms with Gasteiger partial charge in [0.2, 0.25) is 11.9 Å². The number of amides is 2. The monoisotopic (exact) mass is 279 g/mol. The van der Waals surface area contributed by atoms with Crippen molar-refractivity contribution in [3.05, 3.63) is 28.2 Å². The summed E-state index contributed by atoms with van der Waals surface area (Å²) in [5.41, 5.74) is 0. The molecule has 0 fully saturated rings. The van der Waals surface area contributed by atoms with Crippen LogP contribution in [0.4, 0.5) is 5.95 Å². The summed E-state index contributed by atoms with van der Waals surface area (Å²) in [6, 6.07) is 2.80. The zero-order chi connectivity index (χ0) is 13.8. The first-order valence-electron chi connectivity index (χ1n) is 5.60. The third-order valence-corrected chi connectivity index (χ3v) is 3.19. The SMILES string of the molecule is Cc1nc(NC(=O)C(C)NC(=O)c2cccs2)n[nH]1. The number of aromatic nitrogens is 3. The van der Waals surface area contributed by atoms with Crippen LogP contribution in [0.25, 0.3) is 0 Å². The van der Waals surface area contributed by atoms with E-state index in [1.165, 1.54) is 11.3 Å². The quantitative estimate of drug-likeness (QED) is 0.775. The molecule has 8 heteroatoms. The number of nitrogens with zero attached hydrogens (tertiary/aromatic N) is 2. The Bertz CT molecular complexity index is 578. The lowest BCUT2D eigenvalue weighted by atomic mass is 10.3. The highest BCUT2D eigenvalue weighted by Gasteiger charge is 2.18. The van der Waals surface area contributed by atoms with E-state index in [1.54, 1.807) is 31.4 Å². The van der Waals surface area contributed by atoms with E-state index in [-0.39, 0.29) is 17.8 Å². The molecule has 0 aliphatic carbocycles. The fourth-order valence-corrected chi connectivity index (χ4v) is 1.98. The van der Waals surface area contributed by atoms with E-state index in [4.69, 9.17) is 0 Å². The third kappa shape index (κ3) is 3.38. The minimum Gasteiger partial charge on any atom is -0.340 e. The van der Waals surface area contributed by atoms with Gasteiger partial charge in [0.25, 0.3) is 5.91 Å². The Kier molecular flexibility index (Phi) is 3.91. The van der Waals surface area contributed by atoms with Crippen molar-refractivity contribution in [2.75, 3.05) is 5.32 Å². The molecule has 2 aromatic heterocycles. The summed E-state index contributed by atoms with van der Waals surface area (Å²) in [5, 5.41) is 13.3. The predicted molar refractivity (Wildman–Crippen MR) is 71.0 cm³/mol. The standard InChI is InChI=1S/C11H13N5O2S/c1-6(12-10(18)8-4-3-5-19-8)9(17)14-11-13-7(2)15-16-11/h3-6H,1-2H3,(H,12,18)(H2,13,14,15,16,17). The number of H-pyrrole nitrogens is 1. The average Bonchev–Trinajstić information content (AvgIpc) is 3.00. The number of nitrogens with one attached hydrogen (secondary N) is 3. The molecule has 0 saturated heterocycles. The van der Waals surface area contributed by atoms with E-state index in [9.17, 15) is 9.59 Å². The highest BCUT2D eigenvalue weighted by atomic mass is 32.1. The molecule has 2 amide bonds. The summed E-state index contributed by atoms with van der Waals surface area (Å²) in [6.07, 6.45) is 0. The Morgan fingerprint density at radius 3 is 2.84 bits per heavy atom. The van der Waals surface area contributed by atoms with Crippen molar-refractivity contribution in [2.24, 2.45) is 0 Å². The van der Waals surface area contributed by atoms with Crippen LogP contribution < -0.4 is 10.6 Å². The van der Waals surface area contributed by atoms with Crippen LogP contribution in [-0.4, -0.2) is 33.0 Å². The number of thiophene rings is 1. The van der Waals surface area contributed by atoms with Crippen molar-refractivity contribution in [2.45, 2.75) is 19.9 Å². The van der Waals surface area contributed by atoms with Crippen LogP contribution in [-0.2, 0) is 4.79 Å². The molecule has 2 rings (SSSR count). The lowest BCUT2D eigenvalue weighted by molar-refractivity contribution is -0.117. The molecule has 0 aliphatic heterocycles. The van der Waals surface area contributed by atoms with Crippen LogP contribution in [0.5, 0.6) is 0 Å². The average molecular weight is 279 g/mol. The second-order valence-corrected chi connectivity index (χ2v) is 4.85. The zero-order valence-electron chi connectivity index (χ0n) is 10.4. The van der Waals surface area contributed by atoms with E-state index in [2.05, 4.69) is 25.8 Å². The van der Waals surface area contributed by atoms with E-state index in [0.717, 1.165) is 0 Å². The van der Waals surface area contributed by atoms with E-state index >= 15 is 0 Å². The molecule has 0 spiro atoms. The summed E-state index contributed by atoms with van der Waals surface area (Å²) in [4.78, 5) is 28.1. The van der Waals surface area contributed by atoms with E-state index in [1.807, 2.05) is 0 Å². The van der Waals surface area contributed by atoms with Crippen LogP contribution in [0.15, 0.2) is 17.5 Å². The lowest BCUT2D eigenvalue weighted by Gasteiger charge is -2.11.